The van der Waals surface area contributed by atoms with Crippen LogP contribution in [0.4, 0.5) is 0 Å². The predicted molar refractivity (Wildman–Crippen MR) is 78.1 cm³/mol. The summed E-state index contributed by atoms with van der Waals surface area (Å²) in [6, 6.07) is 4.94. The van der Waals surface area contributed by atoms with Crippen molar-refractivity contribution in [1.29, 1.82) is 0 Å². The molecule has 1 heterocycles. The molecule has 0 saturated heterocycles. The van der Waals surface area contributed by atoms with E-state index in [0.717, 1.165) is 0 Å². The number of aromatic amines is 1. The van der Waals surface area contributed by atoms with Crippen molar-refractivity contribution in [2.24, 2.45) is 11.3 Å². The average Bonchev–Trinajstić information content (AvgIpc) is 2.65. The number of hydrogen-bond donors (Lipinski definition) is 2. The molecule has 0 atom stereocenters. The standard InChI is InChI=1S/C15H20N2O3/c1-9(2)15(3,4)8-17-11-7-5-6-10(13(18)19)12(11)16-14(17)20/h5-7,9H,8H2,1-4H3,(H,16,20)(H,18,19). The van der Waals surface area contributed by atoms with Crippen molar-refractivity contribution in [1.82, 2.24) is 9.55 Å². The summed E-state index contributed by atoms with van der Waals surface area (Å²) in [5, 5.41) is 9.17. The Morgan fingerprint density at radius 2 is 2.05 bits per heavy atom. The molecule has 0 unspecified atom stereocenters. The van der Waals surface area contributed by atoms with Gasteiger partial charge in [-0.2, -0.15) is 0 Å². The fourth-order valence-corrected chi connectivity index (χ4v) is 2.11. The first-order valence-electron chi connectivity index (χ1n) is 6.69. The van der Waals surface area contributed by atoms with Gasteiger partial charge < -0.3 is 10.1 Å². The Bertz CT molecular complexity index is 707. The van der Waals surface area contributed by atoms with Gasteiger partial charge in [0.05, 0.1) is 16.6 Å². The molecular weight excluding hydrogens is 256 g/mol. The van der Waals surface area contributed by atoms with Gasteiger partial charge in [-0.3, -0.25) is 4.57 Å². The Morgan fingerprint density at radius 1 is 1.40 bits per heavy atom. The van der Waals surface area contributed by atoms with Crippen molar-refractivity contribution in [3.8, 4) is 0 Å². The van der Waals surface area contributed by atoms with E-state index in [-0.39, 0.29) is 16.7 Å². The van der Waals surface area contributed by atoms with Crippen LogP contribution in [0.2, 0.25) is 0 Å². The monoisotopic (exact) mass is 276 g/mol. The Balaban J connectivity index is 2.61. The molecule has 0 amide bonds. The predicted octanol–water partition coefficient (Wildman–Crippen LogP) is 2.71. The third kappa shape index (κ3) is 2.35. The van der Waals surface area contributed by atoms with Crippen LogP contribution in [0.5, 0.6) is 0 Å². The van der Waals surface area contributed by atoms with Gasteiger partial charge >= 0.3 is 11.7 Å². The van der Waals surface area contributed by atoms with Crippen LogP contribution in [0, 0.1) is 11.3 Å². The van der Waals surface area contributed by atoms with E-state index in [1.165, 1.54) is 6.07 Å². The topological polar surface area (TPSA) is 75.1 Å². The summed E-state index contributed by atoms with van der Waals surface area (Å²) in [5.74, 6) is -0.630. The number of para-hydroxylation sites is 1. The van der Waals surface area contributed by atoms with E-state index < -0.39 is 5.97 Å². The van der Waals surface area contributed by atoms with E-state index in [9.17, 15) is 14.7 Å². The molecule has 0 bridgehead atoms. The van der Waals surface area contributed by atoms with Gasteiger partial charge in [-0.15, -0.1) is 0 Å². The number of imidazole rings is 1. The number of carbonyl (C=O) groups is 1. The summed E-state index contributed by atoms with van der Waals surface area (Å²) in [4.78, 5) is 26.0. The number of benzene rings is 1. The molecule has 2 aromatic rings. The van der Waals surface area contributed by atoms with E-state index in [1.807, 2.05) is 0 Å². The number of aromatic carboxylic acids is 1. The molecule has 0 aliphatic carbocycles. The number of nitrogens with one attached hydrogen (secondary N) is 1. The number of carboxylic acids is 1. The minimum absolute atomic E-state index is 0.0574. The highest BCUT2D eigenvalue weighted by Gasteiger charge is 2.25. The van der Waals surface area contributed by atoms with Crippen molar-refractivity contribution in [2.75, 3.05) is 0 Å². The molecule has 5 nitrogen and oxygen atoms in total. The van der Waals surface area contributed by atoms with Crippen LogP contribution in [-0.2, 0) is 6.54 Å². The van der Waals surface area contributed by atoms with Crippen molar-refractivity contribution in [3.63, 3.8) is 0 Å². The number of nitrogens with zero attached hydrogens (tertiary/aromatic N) is 1. The zero-order chi connectivity index (χ0) is 15.1. The highest BCUT2D eigenvalue weighted by molar-refractivity contribution is 6.00. The third-order valence-electron chi connectivity index (χ3n) is 4.17. The fraction of sp³-hybridized carbons (Fsp3) is 0.467. The highest BCUT2D eigenvalue weighted by atomic mass is 16.4. The first-order chi connectivity index (χ1) is 9.24. The second kappa shape index (κ2) is 4.81. The van der Waals surface area contributed by atoms with Crippen molar-refractivity contribution in [3.05, 3.63) is 34.2 Å². The van der Waals surface area contributed by atoms with E-state index in [0.29, 0.717) is 23.5 Å². The smallest absolute Gasteiger partial charge is 0.337 e. The van der Waals surface area contributed by atoms with Crippen LogP contribution in [-0.4, -0.2) is 20.6 Å². The zero-order valence-corrected chi connectivity index (χ0v) is 12.2. The molecule has 5 heteroatoms. The number of carboxylic acid groups (broad SMARTS) is 1. The number of H-pyrrole nitrogens is 1. The summed E-state index contributed by atoms with van der Waals surface area (Å²) < 4.78 is 1.63. The second-order valence-electron chi connectivity index (χ2n) is 6.16. The Hall–Kier alpha value is -2.04. The molecule has 108 valence electrons. The minimum Gasteiger partial charge on any atom is -0.478 e. The van der Waals surface area contributed by atoms with E-state index in [1.54, 1.807) is 16.7 Å². The molecular formula is C15H20N2O3. The molecule has 0 saturated carbocycles. The van der Waals surface area contributed by atoms with Gasteiger partial charge in [-0.05, 0) is 23.5 Å². The van der Waals surface area contributed by atoms with Crippen molar-refractivity contribution < 1.29 is 9.90 Å². The van der Waals surface area contributed by atoms with Gasteiger partial charge in [-0.25, -0.2) is 9.59 Å². The Kier molecular flexibility index (Phi) is 3.46. The fourth-order valence-electron chi connectivity index (χ4n) is 2.11. The SMILES string of the molecule is CC(C)C(C)(C)Cn1c(=O)[nH]c2c(C(=O)O)cccc21. The Labute approximate surface area is 117 Å². The lowest BCUT2D eigenvalue weighted by Crippen LogP contribution is -2.30. The molecule has 0 spiro atoms. The van der Waals surface area contributed by atoms with Gasteiger partial charge in [-0.1, -0.05) is 33.8 Å². The van der Waals surface area contributed by atoms with Crippen LogP contribution in [0.15, 0.2) is 23.0 Å². The van der Waals surface area contributed by atoms with Gasteiger partial charge in [0, 0.05) is 6.54 Å². The van der Waals surface area contributed by atoms with Crippen LogP contribution in [0.1, 0.15) is 38.1 Å². The van der Waals surface area contributed by atoms with Crippen molar-refractivity contribution in [2.45, 2.75) is 34.2 Å². The maximum absolute atomic E-state index is 12.1. The number of fused-ring (bicyclic) bond motifs is 1. The Morgan fingerprint density at radius 3 is 2.60 bits per heavy atom. The largest absolute Gasteiger partial charge is 0.478 e. The van der Waals surface area contributed by atoms with Gasteiger partial charge in [0.25, 0.3) is 0 Å². The first-order valence-corrected chi connectivity index (χ1v) is 6.69. The molecule has 1 aromatic carbocycles. The minimum atomic E-state index is -1.04. The van der Waals surface area contributed by atoms with Crippen LogP contribution >= 0.6 is 0 Å². The second-order valence-corrected chi connectivity index (χ2v) is 6.16. The summed E-state index contributed by atoms with van der Waals surface area (Å²) in [5.41, 5.74) is 0.842. The summed E-state index contributed by atoms with van der Waals surface area (Å²) in [6.45, 7) is 8.98. The summed E-state index contributed by atoms with van der Waals surface area (Å²) in [7, 11) is 0. The van der Waals surface area contributed by atoms with E-state index >= 15 is 0 Å². The quantitative estimate of drug-likeness (QED) is 0.901. The molecule has 0 radical (unpaired) electrons. The normalized spacial score (nSPS) is 12.2. The lowest BCUT2D eigenvalue weighted by atomic mass is 9.81. The number of rotatable bonds is 4. The van der Waals surface area contributed by atoms with E-state index in [4.69, 9.17) is 0 Å². The average molecular weight is 276 g/mol. The molecule has 2 N–H and O–H groups in total. The van der Waals surface area contributed by atoms with Crippen LogP contribution in [0.25, 0.3) is 11.0 Å². The van der Waals surface area contributed by atoms with Gasteiger partial charge in [0.1, 0.15) is 0 Å². The number of aromatic nitrogens is 2. The molecule has 2 rings (SSSR count). The third-order valence-corrected chi connectivity index (χ3v) is 4.17. The lowest BCUT2D eigenvalue weighted by Gasteiger charge is -2.29. The maximum atomic E-state index is 12.1. The zero-order valence-electron chi connectivity index (χ0n) is 12.2. The van der Waals surface area contributed by atoms with E-state index in [2.05, 4.69) is 32.7 Å². The van der Waals surface area contributed by atoms with Gasteiger partial charge in [0.2, 0.25) is 0 Å². The number of hydrogen-bond acceptors (Lipinski definition) is 2. The molecule has 20 heavy (non-hydrogen) atoms. The van der Waals surface area contributed by atoms with Gasteiger partial charge in [0.15, 0.2) is 0 Å². The molecule has 0 aliphatic heterocycles. The molecule has 1 aromatic heterocycles. The highest BCUT2D eigenvalue weighted by Crippen LogP contribution is 2.29. The summed E-state index contributed by atoms with van der Waals surface area (Å²) in [6.07, 6.45) is 0. The molecule has 0 aliphatic rings. The lowest BCUT2D eigenvalue weighted by molar-refractivity contribution is 0.0699. The van der Waals surface area contributed by atoms with Crippen LogP contribution < -0.4 is 5.69 Å². The summed E-state index contributed by atoms with van der Waals surface area (Å²) >= 11 is 0. The maximum Gasteiger partial charge on any atom is 0.337 e. The van der Waals surface area contributed by atoms with Crippen molar-refractivity contribution >= 4 is 17.0 Å². The molecule has 0 fully saturated rings. The van der Waals surface area contributed by atoms with Crippen LogP contribution in [0.3, 0.4) is 0 Å². The first kappa shape index (κ1) is 14.4.